The third-order valence-electron chi connectivity index (χ3n) is 6.21. The van der Waals surface area contributed by atoms with Gasteiger partial charge in [0.25, 0.3) is 5.91 Å². The summed E-state index contributed by atoms with van der Waals surface area (Å²) >= 11 is 12.3. The summed E-state index contributed by atoms with van der Waals surface area (Å²) < 4.78 is 0. The fourth-order valence-corrected chi connectivity index (χ4v) is 4.80. The molecular formula is C27H27Cl2N3O3. The lowest BCUT2D eigenvalue weighted by atomic mass is 10.1. The summed E-state index contributed by atoms with van der Waals surface area (Å²) in [7, 11) is 0. The van der Waals surface area contributed by atoms with Crippen LogP contribution in [0, 0.1) is 0 Å². The van der Waals surface area contributed by atoms with Crippen molar-refractivity contribution >= 4 is 57.4 Å². The molecule has 3 aromatic rings. The van der Waals surface area contributed by atoms with Crippen LogP contribution < -0.4 is 10.2 Å². The largest absolute Gasteiger partial charge is 0.354 e. The molecule has 3 amide bonds. The van der Waals surface area contributed by atoms with Crippen LogP contribution in [0.2, 0.25) is 10.0 Å². The van der Waals surface area contributed by atoms with Crippen molar-refractivity contribution in [1.82, 2.24) is 10.2 Å². The first-order chi connectivity index (χ1) is 16.8. The van der Waals surface area contributed by atoms with Crippen molar-refractivity contribution in [2.45, 2.75) is 39.3 Å². The van der Waals surface area contributed by atoms with Crippen LogP contribution >= 0.6 is 23.2 Å². The number of carbonyl (C=O) groups is 3. The first-order valence-electron chi connectivity index (χ1n) is 11.7. The molecule has 3 aromatic carbocycles. The molecule has 0 spiro atoms. The molecule has 1 atom stereocenters. The number of anilines is 1. The highest BCUT2D eigenvalue weighted by Crippen LogP contribution is 2.37. The fourth-order valence-electron chi connectivity index (χ4n) is 4.48. The molecule has 0 radical (unpaired) electrons. The summed E-state index contributed by atoms with van der Waals surface area (Å²) in [6.07, 6.45) is 1.21. The van der Waals surface area contributed by atoms with Crippen LogP contribution in [0.25, 0.3) is 10.8 Å². The number of rotatable bonds is 9. The van der Waals surface area contributed by atoms with Gasteiger partial charge in [-0.3, -0.25) is 19.3 Å². The molecule has 1 aliphatic rings. The minimum atomic E-state index is -0.695. The predicted molar refractivity (Wildman–Crippen MR) is 140 cm³/mol. The molecule has 1 heterocycles. The Hall–Kier alpha value is -3.09. The molecule has 1 N–H and O–H groups in total. The van der Waals surface area contributed by atoms with Crippen molar-refractivity contribution in [2.24, 2.45) is 0 Å². The summed E-state index contributed by atoms with van der Waals surface area (Å²) in [5.41, 5.74) is 2.02. The third kappa shape index (κ3) is 5.00. The maximum Gasteiger partial charge on any atom is 0.259 e. The van der Waals surface area contributed by atoms with Gasteiger partial charge in [0.2, 0.25) is 11.8 Å². The highest BCUT2D eigenvalue weighted by molar-refractivity contribution is 6.42. The summed E-state index contributed by atoms with van der Waals surface area (Å²) in [5.74, 6) is -0.767. The van der Waals surface area contributed by atoms with Gasteiger partial charge in [0.1, 0.15) is 12.6 Å². The first-order valence-corrected chi connectivity index (χ1v) is 12.5. The van der Waals surface area contributed by atoms with E-state index in [0.717, 1.165) is 22.8 Å². The number of halogens is 2. The third-order valence-corrected chi connectivity index (χ3v) is 6.95. The average molecular weight is 512 g/mol. The van der Waals surface area contributed by atoms with Crippen LogP contribution in [-0.2, 0) is 16.1 Å². The monoisotopic (exact) mass is 511 g/mol. The molecular weight excluding hydrogens is 485 g/mol. The minimum absolute atomic E-state index is 0.160. The predicted octanol–water partition coefficient (Wildman–Crippen LogP) is 5.44. The lowest BCUT2D eigenvalue weighted by Crippen LogP contribution is -2.52. The van der Waals surface area contributed by atoms with E-state index in [4.69, 9.17) is 23.2 Å². The molecule has 4 rings (SSSR count). The lowest BCUT2D eigenvalue weighted by Gasteiger charge is -2.32. The van der Waals surface area contributed by atoms with Gasteiger partial charge < -0.3 is 10.2 Å². The normalized spacial score (nSPS) is 13.3. The van der Waals surface area contributed by atoms with Crippen molar-refractivity contribution in [1.29, 1.82) is 0 Å². The molecule has 0 bridgehead atoms. The Morgan fingerprint density at radius 3 is 2.46 bits per heavy atom. The smallest absolute Gasteiger partial charge is 0.259 e. The van der Waals surface area contributed by atoms with Crippen LogP contribution in [0.15, 0.2) is 54.6 Å². The van der Waals surface area contributed by atoms with E-state index in [-0.39, 0.29) is 30.8 Å². The number of nitrogens with zero attached hydrogens (tertiary/aromatic N) is 2. The van der Waals surface area contributed by atoms with Crippen LogP contribution in [0.3, 0.4) is 0 Å². The Bertz CT molecular complexity index is 1290. The molecule has 0 aliphatic carbocycles. The zero-order valence-corrected chi connectivity index (χ0v) is 21.2. The topological polar surface area (TPSA) is 69.7 Å². The van der Waals surface area contributed by atoms with Gasteiger partial charge in [0.15, 0.2) is 0 Å². The second-order valence-electron chi connectivity index (χ2n) is 8.56. The molecule has 0 unspecified atom stereocenters. The first kappa shape index (κ1) is 25.0. The SMILES string of the molecule is CCCNC(=O)[C@H](CC)N(Cc1ccc(Cl)c(Cl)c1)C(=O)CN1C(=O)c2cccc3cccc1c23. The fraction of sp³-hybridized carbons (Fsp3) is 0.296. The lowest BCUT2D eigenvalue weighted by molar-refractivity contribution is -0.140. The summed E-state index contributed by atoms with van der Waals surface area (Å²) in [6.45, 7) is 4.34. The van der Waals surface area contributed by atoms with Gasteiger partial charge in [-0.25, -0.2) is 0 Å². The molecule has 0 aromatic heterocycles. The van der Waals surface area contributed by atoms with Crippen molar-refractivity contribution in [2.75, 3.05) is 18.0 Å². The van der Waals surface area contributed by atoms with Crippen molar-refractivity contribution in [3.05, 3.63) is 75.8 Å². The van der Waals surface area contributed by atoms with Gasteiger partial charge >= 0.3 is 0 Å². The van der Waals surface area contributed by atoms with E-state index >= 15 is 0 Å². The summed E-state index contributed by atoms with van der Waals surface area (Å²) in [4.78, 5) is 43.0. The molecule has 35 heavy (non-hydrogen) atoms. The minimum Gasteiger partial charge on any atom is -0.354 e. The van der Waals surface area contributed by atoms with E-state index in [0.29, 0.717) is 34.3 Å². The van der Waals surface area contributed by atoms with E-state index in [2.05, 4.69) is 5.32 Å². The van der Waals surface area contributed by atoms with Crippen LogP contribution in [-0.4, -0.2) is 41.8 Å². The summed E-state index contributed by atoms with van der Waals surface area (Å²) in [6, 6.07) is 15.7. The van der Waals surface area contributed by atoms with Crippen molar-refractivity contribution in [3.8, 4) is 0 Å². The van der Waals surface area contributed by atoms with E-state index < -0.39 is 6.04 Å². The Morgan fingerprint density at radius 2 is 1.77 bits per heavy atom. The maximum atomic E-state index is 13.7. The van der Waals surface area contributed by atoms with Gasteiger partial charge in [-0.1, -0.05) is 67.4 Å². The molecule has 6 nitrogen and oxygen atoms in total. The highest BCUT2D eigenvalue weighted by atomic mass is 35.5. The van der Waals surface area contributed by atoms with Gasteiger partial charge in [-0.15, -0.1) is 0 Å². The molecule has 182 valence electrons. The molecule has 0 fully saturated rings. The number of hydrogen-bond donors (Lipinski definition) is 1. The van der Waals surface area contributed by atoms with Crippen LogP contribution in [0.5, 0.6) is 0 Å². The number of benzene rings is 3. The molecule has 1 aliphatic heterocycles. The average Bonchev–Trinajstić information content (AvgIpc) is 3.12. The van der Waals surface area contributed by atoms with Crippen molar-refractivity contribution < 1.29 is 14.4 Å². The van der Waals surface area contributed by atoms with Gasteiger partial charge in [-0.05, 0) is 48.1 Å². The van der Waals surface area contributed by atoms with Crippen LogP contribution in [0.1, 0.15) is 42.6 Å². The van der Waals surface area contributed by atoms with Crippen molar-refractivity contribution in [3.63, 3.8) is 0 Å². The number of nitrogens with one attached hydrogen (secondary N) is 1. The Balaban J connectivity index is 1.65. The van der Waals surface area contributed by atoms with Gasteiger partial charge in [-0.2, -0.15) is 0 Å². The van der Waals surface area contributed by atoms with E-state index in [1.807, 2.05) is 44.2 Å². The van der Waals surface area contributed by atoms with E-state index in [9.17, 15) is 14.4 Å². The molecule has 0 saturated carbocycles. The Kier molecular flexibility index (Phi) is 7.63. The van der Waals surface area contributed by atoms with Gasteiger partial charge in [0, 0.05) is 24.0 Å². The zero-order valence-electron chi connectivity index (χ0n) is 19.7. The van der Waals surface area contributed by atoms with Crippen LogP contribution in [0.4, 0.5) is 5.69 Å². The van der Waals surface area contributed by atoms with E-state index in [1.165, 1.54) is 9.80 Å². The standard InChI is InChI=1S/C27H27Cl2N3O3/c1-3-13-30-26(34)22(4-2)31(15-17-11-12-20(28)21(29)14-17)24(33)16-32-23-10-6-8-18-7-5-9-19(25(18)23)27(32)35/h5-12,14,22H,3-4,13,15-16H2,1-2H3,(H,30,34)/t22-/m0/s1. The zero-order chi connectivity index (χ0) is 25.1. The number of hydrogen-bond acceptors (Lipinski definition) is 3. The van der Waals surface area contributed by atoms with Gasteiger partial charge in [0.05, 0.1) is 15.7 Å². The quantitative estimate of drug-likeness (QED) is 0.415. The molecule has 8 heteroatoms. The highest BCUT2D eigenvalue weighted by Gasteiger charge is 2.35. The Morgan fingerprint density at radius 1 is 1.03 bits per heavy atom. The second-order valence-corrected chi connectivity index (χ2v) is 9.37. The van der Waals surface area contributed by atoms with E-state index in [1.54, 1.807) is 24.3 Å². The summed E-state index contributed by atoms with van der Waals surface area (Å²) in [5, 5.41) is 5.47. The Labute approximate surface area is 214 Å². The second kappa shape index (κ2) is 10.7. The molecule has 0 saturated heterocycles. The number of amides is 3. The number of carbonyl (C=O) groups excluding carboxylic acids is 3. The maximum absolute atomic E-state index is 13.7.